The number of nitrogens with zero attached hydrogens (tertiary/aromatic N) is 1. The molecule has 1 aliphatic carbocycles. The first kappa shape index (κ1) is 16.9. The van der Waals surface area contributed by atoms with Crippen LogP contribution in [0.15, 0.2) is 29.2 Å². The summed E-state index contributed by atoms with van der Waals surface area (Å²) in [6, 6.07) is 6.42. The lowest BCUT2D eigenvalue weighted by atomic mass is 10.2. The van der Waals surface area contributed by atoms with E-state index >= 15 is 0 Å². The van der Waals surface area contributed by atoms with E-state index in [1.807, 2.05) is 13.8 Å². The van der Waals surface area contributed by atoms with Crippen LogP contribution in [-0.2, 0) is 21.4 Å². The first-order valence-electron chi connectivity index (χ1n) is 7.31. The molecular weight excluding hydrogens is 302 g/mol. The van der Waals surface area contributed by atoms with Gasteiger partial charge in [-0.15, -0.1) is 0 Å². The maximum Gasteiger partial charge on any atom is 0.243 e. The van der Waals surface area contributed by atoms with Gasteiger partial charge in [-0.3, -0.25) is 4.79 Å². The van der Waals surface area contributed by atoms with Crippen LogP contribution in [0.5, 0.6) is 0 Å². The minimum absolute atomic E-state index is 0.108. The molecule has 0 bridgehead atoms. The number of carbonyl (C=O) groups excluding carboxylic acids is 1. The lowest BCUT2D eigenvalue weighted by molar-refractivity contribution is -0.123. The van der Waals surface area contributed by atoms with Gasteiger partial charge in [0.05, 0.1) is 10.4 Å². The van der Waals surface area contributed by atoms with Gasteiger partial charge in [-0.1, -0.05) is 12.1 Å². The molecule has 0 atom stereocenters. The van der Waals surface area contributed by atoms with Gasteiger partial charge in [0, 0.05) is 19.6 Å². The molecule has 1 amide bonds. The van der Waals surface area contributed by atoms with Gasteiger partial charge in [0.15, 0.2) is 0 Å². The molecule has 0 aromatic heterocycles. The molecular formula is C15H23N3O3S. The van der Waals surface area contributed by atoms with Crippen molar-refractivity contribution >= 4 is 15.9 Å². The smallest absolute Gasteiger partial charge is 0.243 e. The molecule has 1 aromatic rings. The predicted molar refractivity (Wildman–Crippen MR) is 84.5 cm³/mol. The van der Waals surface area contributed by atoms with Gasteiger partial charge in [-0.25, -0.2) is 8.42 Å². The molecule has 6 nitrogen and oxygen atoms in total. The fourth-order valence-electron chi connectivity index (χ4n) is 1.94. The van der Waals surface area contributed by atoms with E-state index in [0.29, 0.717) is 6.54 Å². The van der Waals surface area contributed by atoms with E-state index in [-0.39, 0.29) is 16.8 Å². The molecule has 7 heteroatoms. The number of sulfonamides is 1. The van der Waals surface area contributed by atoms with E-state index in [2.05, 4.69) is 5.32 Å². The minimum Gasteiger partial charge on any atom is -0.350 e. The fraction of sp³-hybridized carbons (Fsp3) is 0.533. The largest absolute Gasteiger partial charge is 0.350 e. The predicted octanol–water partition coefficient (Wildman–Crippen LogP) is 0.823. The normalized spacial score (nSPS) is 16.8. The van der Waals surface area contributed by atoms with E-state index in [9.17, 15) is 13.2 Å². The van der Waals surface area contributed by atoms with Crippen molar-refractivity contribution in [3.8, 4) is 0 Å². The highest BCUT2D eigenvalue weighted by atomic mass is 32.2. The molecule has 1 saturated carbocycles. The number of hydrogen-bond donors (Lipinski definition) is 2. The molecule has 2 rings (SSSR count). The third kappa shape index (κ3) is 3.48. The van der Waals surface area contributed by atoms with E-state index < -0.39 is 15.6 Å². The Morgan fingerprint density at radius 2 is 1.86 bits per heavy atom. The Hall–Kier alpha value is -1.44. The average Bonchev–Trinajstić information content (AvgIpc) is 3.23. The zero-order valence-electron chi connectivity index (χ0n) is 13.2. The summed E-state index contributed by atoms with van der Waals surface area (Å²) < 4.78 is 26.0. The molecule has 122 valence electrons. The van der Waals surface area contributed by atoms with Crippen LogP contribution in [-0.4, -0.2) is 37.3 Å². The van der Waals surface area contributed by atoms with E-state index in [4.69, 9.17) is 5.73 Å². The zero-order valence-corrected chi connectivity index (χ0v) is 14.0. The number of hydrogen-bond acceptors (Lipinski definition) is 4. The lowest BCUT2D eigenvalue weighted by Crippen LogP contribution is -2.42. The summed E-state index contributed by atoms with van der Waals surface area (Å²) in [7, 11) is -1.91. The summed E-state index contributed by atoms with van der Waals surface area (Å²) in [6.07, 6.45) is 1.44. The fourth-order valence-corrected chi connectivity index (χ4v) is 3.31. The highest BCUT2D eigenvalue weighted by molar-refractivity contribution is 7.89. The van der Waals surface area contributed by atoms with Crippen molar-refractivity contribution in [3.63, 3.8) is 0 Å². The van der Waals surface area contributed by atoms with Crippen LogP contribution in [0.2, 0.25) is 0 Å². The number of benzene rings is 1. The Balaban J connectivity index is 2.02. The van der Waals surface area contributed by atoms with Crippen LogP contribution in [0.3, 0.4) is 0 Å². The highest BCUT2D eigenvalue weighted by Crippen LogP contribution is 2.32. The minimum atomic E-state index is -3.47. The molecule has 1 aliphatic rings. The molecule has 0 heterocycles. The molecule has 1 aromatic carbocycles. The van der Waals surface area contributed by atoms with Crippen molar-refractivity contribution in [1.29, 1.82) is 0 Å². The van der Waals surface area contributed by atoms with E-state index in [1.54, 1.807) is 31.3 Å². The third-order valence-corrected chi connectivity index (χ3v) is 6.07. The topological polar surface area (TPSA) is 92.5 Å². The monoisotopic (exact) mass is 325 g/mol. The van der Waals surface area contributed by atoms with Gasteiger partial charge in [0.25, 0.3) is 0 Å². The van der Waals surface area contributed by atoms with Crippen molar-refractivity contribution in [2.75, 3.05) is 7.05 Å². The first-order valence-corrected chi connectivity index (χ1v) is 8.75. The number of nitrogens with one attached hydrogen (secondary N) is 1. The number of amides is 1. The van der Waals surface area contributed by atoms with Crippen molar-refractivity contribution in [1.82, 2.24) is 9.62 Å². The van der Waals surface area contributed by atoms with E-state index in [0.717, 1.165) is 18.4 Å². The van der Waals surface area contributed by atoms with Gasteiger partial charge in [0.1, 0.15) is 0 Å². The summed E-state index contributed by atoms with van der Waals surface area (Å²) in [5.41, 5.74) is 5.95. The van der Waals surface area contributed by atoms with Gasteiger partial charge in [-0.2, -0.15) is 4.31 Å². The van der Waals surface area contributed by atoms with Crippen LogP contribution in [0.25, 0.3) is 0 Å². The van der Waals surface area contributed by atoms with Crippen molar-refractivity contribution in [3.05, 3.63) is 29.8 Å². The summed E-state index contributed by atoms with van der Waals surface area (Å²) >= 11 is 0. The summed E-state index contributed by atoms with van der Waals surface area (Å²) in [4.78, 5) is 12.0. The maximum absolute atomic E-state index is 12.3. The molecule has 0 spiro atoms. The van der Waals surface area contributed by atoms with Gasteiger partial charge < -0.3 is 11.1 Å². The molecule has 0 saturated heterocycles. The standard InChI is InChI=1S/C15H23N3O3S/c1-11(2)18(3)22(20,21)13-6-4-12(5-7-13)10-17-14(19)15(16)8-9-15/h4-7,11H,8-10,16H2,1-3H3,(H,17,19). The zero-order chi connectivity index (χ0) is 16.5. The number of rotatable bonds is 6. The molecule has 0 unspecified atom stereocenters. The lowest BCUT2D eigenvalue weighted by Gasteiger charge is -2.21. The van der Waals surface area contributed by atoms with Crippen molar-refractivity contribution in [2.45, 2.75) is 49.7 Å². The van der Waals surface area contributed by atoms with Crippen LogP contribution in [0, 0.1) is 0 Å². The summed E-state index contributed by atoms with van der Waals surface area (Å²) in [5, 5.41) is 2.78. The van der Waals surface area contributed by atoms with Crippen LogP contribution < -0.4 is 11.1 Å². The second-order valence-corrected chi connectivity index (χ2v) is 8.10. The second-order valence-electron chi connectivity index (χ2n) is 6.10. The van der Waals surface area contributed by atoms with Crippen LogP contribution in [0.4, 0.5) is 0 Å². The molecule has 22 heavy (non-hydrogen) atoms. The molecule has 0 radical (unpaired) electrons. The van der Waals surface area contributed by atoms with Gasteiger partial charge >= 0.3 is 0 Å². The number of nitrogens with two attached hydrogens (primary N) is 1. The summed E-state index contributed by atoms with van der Waals surface area (Å²) in [5.74, 6) is -0.149. The molecule has 1 fully saturated rings. The Labute approximate surface area is 131 Å². The molecule has 0 aliphatic heterocycles. The maximum atomic E-state index is 12.3. The highest BCUT2D eigenvalue weighted by Gasteiger charge is 2.45. The van der Waals surface area contributed by atoms with Gasteiger partial charge in [-0.05, 0) is 44.4 Å². The van der Waals surface area contributed by atoms with Crippen molar-refractivity contribution < 1.29 is 13.2 Å². The SMILES string of the molecule is CC(C)N(C)S(=O)(=O)c1ccc(CNC(=O)C2(N)CC2)cc1. The van der Waals surface area contributed by atoms with Crippen LogP contribution >= 0.6 is 0 Å². The Morgan fingerprint density at radius 3 is 2.32 bits per heavy atom. The van der Waals surface area contributed by atoms with E-state index in [1.165, 1.54) is 4.31 Å². The van der Waals surface area contributed by atoms with Crippen LogP contribution in [0.1, 0.15) is 32.3 Å². The second kappa shape index (κ2) is 5.98. The Kier molecular flexibility index (Phi) is 4.60. The quantitative estimate of drug-likeness (QED) is 0.810. The third-order valence-electron chi connectivity index (χ3n) is 4.02. The van der Waals surface area contributed by atoms with Gasteiger partial charge in [0.2, 0.25) is 15.9 Å². The Bertz CT molecular complexity index is 649. The average molecular weight is 325 g/mol. The first-order chi connectivity index (χ1) is 10.2. The van der Waals surface area contributed by atoms with Crippen molar-refractivity contribution in [2.24, 2.45) is 5.73 Å². The Morgan fingerprint density at radius 1 is 1.32 bits per heavy atom. The molecule has 3 N–H and O–H groups in total. The number of carbonyl (C=O) groups is 1. The summed E-state index contributed by atoms with van der Waals surface area (Å²) in [6.45, 7) is 3.99.